The second-order valence-corrected chi connectivity index (χ2v) is 7.47. The van der Waals surface area contributed by atoms with E-state index in [2.05, 4.69) is 9.71 Å². The molecule has 2 N–H and O–H groups in total. The molecule has 0 spiro atoms. The molecular formula is C12H17N3O3S2. The predicted octanol–water partition coefficient (Wildman–Crippen LogP) is 0.803. The summed E-state index contributed by atoms with van der Waals surface area (Å²) in [4.78, 5) is 5.71. The number of hydrogen-bond donors (Lipinski definition) is 2. The van der Waals surface area contributed by atoms with Crippen molar-refractivity contribution in [2.24, 2.45) is 7.05 Å². The Morgan fingerprint density at radius 3 is 2.80 bits per heavy atom. The molecule has 0 aliphatic carbocycles. The third-order valence-electron chi connectivity index (χ3n) is 2.93. The molecule has 0 amide bonds. The molecule has 0 fully saturated rings. The molecule has 0 aliphatic rings. The van der Waals surface area contributed by atoms with E-state index in [-0.39, 0.29) is 18.0 Å². The van der Waals surface area contributed by atoms with Gasteiger partial charge in [0.25, 0.3) is 0 Å². The van der Waals surface area contributed by atoms with Crippen LogP contribution in [0.1, 0.15) is 15.6 Å². The Bertz CT molecular complexity index is 689. The van der Waals surface area contributed by atoms with E-state index >= 15 is 0 Å². The molecule has 0 aromatic carbocycles. The lowest BCUT2D eigenvalue weighted by Gasteiger charge is -2.06. The van der Waals surface area contributed by atoms with Crippen molar-refractivity contribution in [3.8, 4) is 0 Å². The van der Waals surface area contributed by atoms with Crippen LogP contribution in [0.25, 0.3) is 0 Å². The average molecular weight is 315 g/mol. The van der Waals surface area contributed by atoms with E-state index in [9.17, 15) is 8.42 Å². The lowest BCUT2D eigenvalue weighted by Crippen LogP contribution is -2.26. The Balaban J connectivity index is 2.04. The second-order valence-electron chi connectivity index (χ2n) is 4.39. The monoisotopic (exact) mass is 315 g/mol. The Hall–Kier alpha value is -1.22. The Labute approximate surface area is 122 Å². The first-order valence-electron chi connectivity index (χ1n) is 6.10. The number of nitrogens with one attached hydrogen (secondary N) is 1. The number of thiophene rings is 1. The average Bonchev–Trinajstić information content (AvgIpc) is 2.96. The normalized spacial score (nSPS) is 11.9. The van der Waals surface area contributed by atoms with E-state index < -0.39 is 10.0 Å². The number of aliphatic hydroxyl groups is 1. The number of aromatic nitrogens is 2. The van der Waals surface area contributed by atoms with E-state index in [1.807, 2.05) is 17.8 Å². The quantitative estimate of drug-likeness (QED) is 0.826. The number of imidazole rings is 1. The summed E-state index contributed by atoms with van der Waals surface area (Å²) >= 11 is 1.29. The molecule has 0 saturated carbocycles. The minimum atomic E-state index is -3.53. The molecule has 2 rings (SSSR count). The molecule has 110 valence electrons. The Morgan fingerprint density at radius 1 is 1.50 bits per heavy atom. The van der Waals surface area contributed by atoms with Gasteiger partial charge >= 0.3 is 0 Å². The highest BCUT2D eigenvalue weighted by Crippen LogP contribution is 2.25. The summed E-state index contributed by atoms with van der Waals surface area (Å²) in [5.41, 5.74) is 0. The van der Waals surface area contributed by atoms with Crippen molar-refractivity contribution >= 4 is 21.4 Å². The van der Waals surface area contributed by atoms with Crippen LogP contribution >= 0.6 is 11.3 Å². The van der Waals surface area contributed by atoms with Crippen molar-refractivity contribution in [3.63, 3.8) is 0 Å². The van der Waals surface area contributed by atoms with E-state index in [0.717, 1.165) is 5.82 Å². The highest BCUT2D eigenvalue weighted by molar-refractivity contribution is 7.89. The maximum Gasteiger partial charge on any atom is 0.241 e. The summed E-state index contributed by atoms with van der Waals surface area (Å²) in [6, 6.07) is 1.52. The number of rotatable bonds is 6. The van der Waals surface area contributed by atoms with Crippen LogP contribution in [0.4, 0.5) is 0 Å². The van der Waals surface area contributed by atoms with Crippen LogP contribution in [0.2, 0.25) is 0 Å². The molecule has 0 radical (unpaired) electrons. The van der Waals surface area contributed by atoms with Gasteiger partial charge in [0.2, 0.25) is 10.0 Å². The largest absolute Gasteiger partial charge is 0.391 e. The van der Waals surface area contributed by atoms with Crippen LogP contribution < -0.4 is 4.72 Å². The van der Waals surface area contributed by atoms with Gasteiger partial charge in [-0.2, -0.15) is 0 Å². The van der Waals surface area contributed by atoms with Gasteiger partial charge in [-0.05, 0) is 13.0 Å². The van der Waals surface area contributed by atoms with E-state index in [4.69, 9.17) is 5.11 Å². The minimum Gasteiger partial charge on any atom is -0.391 e. The standard InChI is InChI=1S/C12H17N3O3S2/c1-9-11(7-10(8-16)19-9)20(17,18)14-4-3-12-13-5-6-15(12)2/h5-7,14,16H,3-4,8H2,1-2H3. The van der Waals surface area contributed by atoms with Gasteiger partial charge in [-0.15, -0.1) is 11.3 Å². The topological polar surface area (TPSA) is 84.2 Å². The predicted molar refractivity (Wildman–Crippen MR) is 77.1 cm³/mol. The molecular weight excluding hydrogens is 298 g/mol. The lowest BCUT2D eigenvalue weighted by molar-refractivity contribution is 0.285. The lowest BCUT2D eigenvalue weighted by atomic mass is 10.4. The molecule has 0 saturated heterocycles. The zero-order valence-corrected chi connectivity index (χ0v) is 13.0. The van der Waals surface area contributed by atoms with Gasteiger partial charge in [0, 0.05) is 42.2 Å². The number of sulfonamides is 1. The van der Waals surface area contributed by atoms with Gasteiger partial charge in [-0.25, -0.2) is 18.1 Å². The fourth-order valence-corrected chi connectivity index (χ4v) is 4.41. The highest BCUT2D eigenvalue weighted by Gasteiger charge is 2.19. The fourth-order valence-electron chi connectivity index (χ4n) is 1.88. The molecule has 0 bridgehead atoms. The zero-order chi connectivity index (χ0) is 14.8. The van der Waals surface area contributed by atoms with Gasteiger partial charge in [0.15, 0.2) is 0 Å². The van der Waals surface area contributed by atoms with Crippen LogP contribution in [-0.2, 0) is 30.1 Å². The van der Waals surface area contributed by atoms with Crippen molar-refractivity contribution in [2.45, 2.75) is 24.8 Å². The molecule has 0 aliphatic heterocycles. The van der Waals surface area contributed by atoms with Crippen molar-refractivity contribution in [1.29, 1.82) is 0 Å². The van der Waals surface area contributed by atoms with E-state index in [0.29, 0.717) is 16.2 Å². The van der Waals surface area contributed by atoms with Crippen molar-refractivity contribution in [3.05, 3.63) is 34.0 Å². The zero-order valence-electron chi connectivity index (χ0n) is 11.3. The van der Waals surface area contributed by atoms with E-state index in [1.54, 1.807) is 13.1 Å². The highest BCUT2D eigenvalue weighted by atomic mass is 32.2. The van der Waals surface area contributed by atoms with Crippen LogP contribution in [0.15, 0.2) is 23.4 Å². The molecule has 2 heterocycles. The fraction of sp³-hybridized carbons (Fsp3) is 0.417. The number of hydrogen-bond acceptors (Lipinski definition) is 5. The van der Waals surface area contributed by atoms with Crippen molar-refractivity contribution in [2.75, 3.05) is 6.54 Å². The minimum absolute atomic E-state index is 0.145. The SMILES string of the molecule is Cc1sc(CO)cc1S(=O)(=O)NCCc1nccn1C. The second kappa shape index (κ2) is 6.04. The third-order valence-corrected chi connectivity index (χ3v) is 5.68. The summed E-state index contributed by atoms with van der Waals surface area (Å²) in [7, 11) is -1.67. The van der Waals surface area contributed by atoms with Gasteiger partial charge in [-0.3, -0.25) is 0 Å². The Morgan fingerprint density at radius 2 is 2.25 bits per heavy atom. The number of aliphatic hydroxyl groups excluding tert-OH is 1. The molecule has 6 nitrogen and oxygen atoms in total. The smallest absolute Gasteiger partial charge is 0.241 e. The summed E-state index contributed by atoms with van der Waals surface area (Å²) in [6.45, 7) is 1.88. The molecule has 0 atom stereocenters. The molecule has 20 heavy (non-hydrogen) atoms. The molecule has 8 heteroatoms. The third kappa shape index (κ3) is 3.26. The maximum absolute atomic E-state index is 12.2. The summed E-state index contributed by atoms with van der Waals surface area (Å²) in [5, 5.41) is 9.06. The van der Waals surface area contributed by atoms with Gasteiger partial charge in [0.05, 0.1) is 11.5 Å². The number of aryl methyl sites for hydroxylation is 2. The Kier molecular flexibility index (Phi) is 4.59. The van der Waals surface area contributed by atoms with Gasteiger partial charge < -0.3 is 9.67 Å². The molecule has 2 aromatic rings. The molecule has 2 aromatic heterocycles. The van der Waals surface area contributed by atoms with Crippen LogP contribution in [0.5, 0.6) is 0 Å². The van der Waals surface area contributed by atoms with Crippen LogP contribution in [0.3, 0.4) is 0 Å². The summed E-state index contributed by atoms with van der Waals surface area (Å²) < 4.78 is 28.8. The van der Waals surface area contributed by atoms with Gasteiger partial charge in [-0.1, -0.05) is 0 Å². The van der Waals surface area contributed by atoms with E-state index in [1.165, 1.54) is 17.4 Å². The van der Waals surface area contributed by atoms with Crippen molar-refractivity contribution in [1.82, 2.24) is 14.3 Å². The van der Waals surface area contributed by atoms with Crippen molar-refractivity contribution < 1.29 is 13.5 Å². The first-order valence-corrected chi connectivity index (χ1v) is 8.40. The van der Waals surface area contributed by atoms with Gasteiger partial charge in [0.1, 0.15) is 5.82 Å². The first kappa shape index (κ1) is 15.2. The summed E-state index contributed by atoms with van der Waals surface area (Å²) in [5.74, 6) is 0.825. The van der Waals surface area contributed by atoms with Crippen LogP contribution in [-0.4, -0.2) is 29.6 Å². The summed E-state index contributed by atoms with van der Waals surface area (Å²) in [6.07, 6.45) is 4.03. The first-order chi connectivity index (χ1) is 9.44. The maximum atomic E-state index is 12.2. The number of nitrogens with zero attached hydrogens (tertiary/aromatic N) is 2. The van der Waals surface area contributed by atoms with Crippen LogP contribution in [0, 0.1) is 6.92 Å². The molecule has 0 unspecified atom stereocenters.